The standard InChI is InChI=1S/C21H21BrN4O4/c1-21(15-8-5-7-13(10-15)18(23)28)19(29)26(20(30)24-21)12-17(27)25(2)11-14-6-3-4-9-16(14)22/h3-10H,11-12H2,1-2H3,(H2,23,28)(H,24,30). The molecule has 0 bridgehead atoms. The molecule has 0 spiro atoms. The molecule has 8 nitrogen and oxygen atoms in total. The minimum absolute atomic E-state index is 0.221. The molecule has 9 heteroatoms. The van der Waals surface area contributed by atoms with Crippen molar-refractivity contribution in [1.82, 2.24) is 15.1 Å². The van der Waals surface area contributed by atoms with Crippen molar-refractivity contribution in [3.05, 3.63) is 69.7 Å². The summed E-state index contributed by atoms with van der Waals surface area (Å²) in [5, 5.41) is 2.62. The van der Waals surface area contributed by atoms with Crippen LogP contribution in [0.15, 0.2) is 53.0 Å². The van der Waals surface area contributed by atoms with Crippen molar-refractivity contribution < 1.29 is 19.2 Å². The molecule has 156 valence electrons. The van der Waals surface area contributed by atoms with Gasteiger partial charge in [0.05, 0.1) is 0 Å². The molecule has 2 aromatic rings. The maximum atomic E-state index is 13.0. The highest BCUT2D eigenvalue weighted by molar-refractivity contribution is 9.10. The van der Waals surface area contributed by atoms with Crippen LogP contribution < -0.4 is 11.1 Å². The topological polar surface area (TPSA) is 113 Å². The first kappa shape index (κ1) is 21.5. The smallest absolute Gasteiger partial charge is 0.325 e. The van der Waals surface area contributed by atoms with E-state index in [1.165, 1.54) is 24.0 Å². The second kappa shape index (κ2) is 8.27. The zero-order chi connectivity index (χ0) is 22.1. The summed E-state index contributed by atoms with van der Waals surface area (Å²) in [5.41, 5.74) is 5.45. The summed E-state index contributed by atoms with van der Waals surface area (Å²) in [6.07, 6.45) is 0. The zero-order valence-electron chi connectivity index (χ0n) is 16.5. The van der Waals surface area contributed by atoms with E-state index in [0.29, 0.717) is 12.1 Å². The van der Waals surface area contributed by atoms with E-state index in [-0.39, 0.29) is 11.5 Å². The second-order valence-electron chi connectivity index (χ2n) is 7.23. The third-order valence-corrected chi connectivity index (χ3v) is 5.86. The molecular weight excluding hydrogens is 452 g/mol. The van der Waals surface area contributed by atoms with Crippen LogP contribution >= 0.6 is 15.9 Å². The molecular formula is C21H21BrN4O4. The van der Waals surface area contributed by atoms with Crippen LogP contribution in [0.4, 0.5) is 4.79 Å². The molecule has 0 radical (unpaired) electrons. The summed E-state index contributed by atoms with van der Waals surface area (Å²) in [5.74, 6) is -1.60. The van der Waals surface area contributed by atoms with Crippen LogP contribution in [0.1, 0.15) is 28.4 Å². The Morgan fingerprint density at radius 3 is 2.53 bits per heavy atom. The molecule has 0 aromatic heterocycles. The number of amides is 5. The summed E-state index contributed by atoms with van der Waals surface area (Å²) in [4.78, 5) is 52.0. The van der Waals surface area contributed by atoms with Gasteiger partial charge < -0.3 is 16.0 Å². The third kappa shape index (κ3) is 4.06. The predicted molar refractivity (Wildman–Crippen MR) is 113 cm³/mol. The molecule has 30 heavy (non-hydrogen) atoms. The van der Waals surface area contributed by atoms with Gasteiger partial charge in [-0.15, -0.1) is 0 Å². The van der Waals surface area contributed by atoms with E-state index >= 15 is 0 Å². The average molecular weight is 473 g/mol. The van der Waals surface area contributed by atoms with Crippen LogP contribution in [0.3, 0.4) is 0 Å². The normalized spacial score (nSPS) is 18.3. The first-order valence-electron chi connectivity index (χ1n) is 9.15. The van der Waals surface area contributed by atoms with E-state index in [4.69, 9.17) is 5.73 Å². The third-order valence-electron chi connectivity index (χ3n) is 5.08. The molecule has 2 aromatic carbocycles. The number of imide groups is 1. The predicted octanol–water partition coefficient (Wildman–Crippen LogP) is 1.97. The van der Waals surface area contributed by atoms with Crippen molar-refractivity contribution in [1.29, 1.82) is 0 Å². The summed E-state index contributed by atoms with van der Waals surface area (Å²) < 4.78 is 0.863. The number of urea groups is 1. The number of likely N-dealkylation sites (N-methyl/N-ethyl adjacent to an activating group) is 1. The molecule has 1 unspecified atom stereocenters. The summed E-state index contributed by atoms with van der Waals surface area (Å²) in [7, 11) is 1.61. The minimum atomic E-state index is -1.40. The Balaban J connectivity index is 1.76. The number of rotatable bonds is 6. The molecule has 1 fully saturated rings. The van der Waals surface area contributed by atoms with Crippen molar-refractivity contribution in [2.45, 2.75) is 19.0 Å². The first-order chi connectivity index (χ1) is 14.1. The molecule has 0 aliphatic carbocycles. The van der Waals surface area contributed by atoms with E-state index in [1.807, 2.05) is 24.3 Å². The van der Waals surface area contributed by atoms with Crippen LogP contribution in [-0.2, 0) is 21.7 Å². The number of carbonyl (C=O) groups is 4. The highest BCUT2D eigenvalue weighted by atomic mass is 79.9. The van der Waals surface area contributed by atoms with Gasteiger partial charge in [-0.1, -0.05) is 46.3 Å². The van der Waals surface area contributed by atoms with Crippen molar-refractivity contribution >= 4 is 39.7 Å². The minimum Gasteiger partial charge on any atom is -0.366 e. The Morgan fingerprint density at radius 1 is 1.17 bits per heavy atom. The highest BCUT2D eigenvalue weighted by Gasteiger charge is 2.49. The number of carbonyl (C=O) groups excluding carboxylic acids is 4. The number of hydrogen-bond acceptors (Lipinski definition) is 4. The quantitative estimate of drug-likeness (QED) is 0.625. The summed E-state index contributed by atoms with van der Waals surface area (Å²) in [6, 6.07) is 13.0. The summed E-state index contributed by atoms with van der Waals surface area (Å²) >= 11 is 3.44. The number of hydrogen-bond donors (Lipinski definition) is 2. The molecule has 1 atom stereocenters. The Labute approximate surface area is 182 Å². The van der Waals surface area contributed by atoms with Gasteiger partial charge in [0.2, 0.25) is 11.8 Å². The largest absolute Gasteiger partial charge is 0.366 e. The van der Waals surface area contributed by atoms with E-state index in [9.17, 15) is 19.2 Å². The number of primary amides is 1. The molecule has 1 saturated heterocycles. The number of nitrogens with one attached hydrogen (secondary N) is 1. The van der Waals surface area contributed by atoms with E-state index < -0.39 is 29.9 Å². The molecule has 0 saturated carbocycles. The number of halogens is 1. The lowest BCUT2D eigenvalue weighted by molar-refractivity contribution is -0.138. The monoisotopic (exact) mass is 472 g/mol. The van der Waals surface area contributed by atoms with Gasteiger partial charge in [0, 0.05) is 23.6 Å². The van der Waals surface area contributed by atoms with Crippen molar-refractivity contribution in [3.8, 4) is 0 Å². The zero-order valence-corrected chi connectivity index (χ0v) is 18.1. The van der Waals surface area contributed by atoms with Gasteiger partial charge >= 0.3 is 6.03 Å². The van der Waals surface area contributed by atoms with Gasteiger partial charge in [0.1, 0.15) is 12.1 Å². The second-order valence-corrected chi connectivity index (χ2v) is 8.09. The van der Waals surface area contributed by atoms with Crippen molar-refractivity contribution in [2.75, 3.05) is 13.6 Å². The molecule has 1 heterocycles. The van der Waals surface area contributed by atoms with Gasteiger partial charge in [-0.05, 0) is 36.2 Å². The van der Waals surface area contributed by atoms with E-state index in [2.05, 4.69) is 21.2 Å². The molecule has 1 aliphatic heterocycles. The average Bonchev–Trinajstić information content (AvgIpc) is 2.93. The SMILES string of the molecule is CN(Cc1ccccc1Br)C(=O)CN1C(=O)NC(C)(c2cccc(C(N)=O)c2)C1=O. The maximum Gasteiger partial charge on any atom is 0.325 e. The Kier molecular flexibility index (Phi) is 5.93. The van der Waals surface area contributed by atoms with Crippen LogP contribution in [0.25, 0.3) is 0 Å². The molecule has 5 amide bonds. The lowest BCUT2D eigenvalue weighted by Gasteiger charge is -2.24. The van der Waals surface area contributed by atoms with E-state index in [1.54, 1.807) is 19.2 Å². The molecule has 1 aliphatic rings. The van der Waals surface area contributed by atoms with Gasteiger partial charge in [-0.2, -0.15) is 0 Å². The number of nitrogens with zero attached hydrogens (tertiary/aromatic N) is 2. The summed E-state index contributed by atoms with van der Waals surface area (Å²) in [6.45, 7) is 1.46. The van der Waals surface area contributed by atoms with E-state index in [0.717, 1.165) is 14.9 Å². The highest BCUT2D eigenvalue weighted by Crippen LogP contribution is 2.29. The fourth-order valence-electron chi connectivity index (χ4n) is 3.25. The van der Waals surface area contributed by atoms with Crippen molar-refractivity contribution in [2.24, 2.45) is 5.73 Å². The maximum absolute atomic E-state index is 13.0. The Bertz CT molecular complexity index is 1040. The van der Waals surface area contributed by atoms with Crippen LogP contribution in [0.2, 0.25) is 0 Å². The lowest BCUT2D eigenvalue weighted by Crippen LogP contribution is -2.43. The Hall–Kier alpha value is -3.20. The molecule has 3 N–H and O–H groups in total. The van der Waals surface area contributed by atoms with Gasteiger partial charge in [-0.3, -0.25) is 19.3 Å². The number of nitrogens with two attached hydrogens (primary N) is 1. The van der Waals surface area contributed by atoms with Crippen LogP contribution in [0, 0.1) is 0 Å². The van der Waals surface area contributed by atoms with Crippen LogP contribution in [-0.4, -0.2) is 47.1 Å². The first-order valence-corrected chi connectivity index (χ1v) is 9.94. The van der Waals surface area contributed by atoms with Gasteiger partial charge in [-0.25, -0.2) is 4.79 Å². The fraction of sp³-hybridized carbons (Fsp3) is 0.238. The lowest BCUT2D eigenvalue weighted by atomic mass is 9.90. The molecule has 3 rings (SSSR count). The van der Waals surface area contributed by atoms with Crippen LogP contribution in [0.5, 0.6) is 0 Å². The Morgan fingerprint density at radius 2 is 1.87 bits per heavy atom. The fourth-order valence-corrected chi connectivity index (χ4v) is 3.66. The van der Waals surface area contributed by atoms with Crippen molar-refractivity contribution in [3.63, 3.8) is 0 Å². The van der Waals surface area contributed by atoms with Gasteiger partial charge in [0.15, 0.2) is 0 Å². The number of benzene rings is 2. The van der Waals surface area contributed by atoms with Gasteiger partial charge in [0.25, 0.3) is 5.91 Å².